The van der Waals surface area contributed by atoms with Crippen LogP contribution in [0.15, 0.2) is 18.2 Å². The Morgan fingerprint density at radius 2 is 2.31 bits per heavy atom. The SMILES string of the molecule is COc1cc([N+](=O)[O-])ccc1CC(N)CO. The molecule has 0 heterocycles. The molecule has 88 valence electrons. The maximum absolute atomic E-state index is 10.5. The molecule has 0 aliphatic rings. The van der Waals surface area contributed by atoms with Crippen molar-refractivity contribution in [1.29, 1.82) is 0 Å². The van der Waals surface area contributed by atoms with E-state index < -0.39 is 11.0 Å². The molecule has 16 heavy (non-hydrogen) atoms. The van der Waals surface area contributed by atoms with Gasteiger partial charge in [-0.15, -0.1) is 0 Å². The van der Waals surface area contributed by atoms with Crippen LogP contribution < -0.4 is 10.5 Å². The zero-order chi connectivity index (χ0) is 12.1. The first-order valence-electron chi connectivity index (χ1n) is 4.76. The average Bonchev–Trinajstić information content (AvgIpc) is 2.29. The van der Waals surface area contributed by atoms with Crippen molar-refractivity contribution >= 4 is 5.69 Å². The molecule has 1 aromatic rings. The number of nitrogens with zero attached hydrogens (tertiary/aromatic N) is 1. The highest BCUT2D eigenvalue weighted by Gasteiger charge is 2.13. The molecular weight excluding hydrogens is 212 g/mol. The molecule has 6 nitrogen and oxygen atoms in total. The van der Waals surface area contributed by atoms with Crippen molar-refractivity contribution in [2.45, 2.75) is 12.5 Å². The van der Waals surface area contributed by atoms with E-state index in [0.29, 0.717) is 12.2 Å². The minimum atomic E-state index is -0.488. The molecule has 6 heteroatoms. The minimum Gasteiger partial charge on any atom is -0.496 e. The lowest BCUT2D eigenvalue weighted by Crippen LogP contribution is -2.27. The normalized spacial score (nSPS) is 12.2. The Hall–Kier alpha value is -1.66. The number of rotatable bonds is 5. The van der Waals surface area contributed by atoms with Gasteiger partial charge in [0, 0.05) is 12.1 Å². The molecule has 0 aromatic heterocycles. The fourth-order valence-electron chi connectivity index (χ4n) is 1.36. The second-order valence-corrected chi connectivity index (χ2v) is 3.40. The topological polar surface area (TPSA) is 98.6 Å². The van der Waals surface area contributed by atoms with E-state index in [1.165, 1.54) is 19.2 Å². The first-order chi connectivity index (χ1) is 7.58. The Morgan fingerprint density at radius 3 is 2.81 bits per heavy atom. The van der Waals surface area contributed by atoms with Crippen LogP contribution >= 0.6 is 0 Å². The Morgan fingerprint density at radius 1 is 1.62 bits per heavy atom. The molecule has 0 aliphatic carbocycles. The highest BCUT2D eigenvalue weighted by Crippen LogP contribution is 2.25. The number of benzene rings is 1. The summed E-state index contributed by atoms with van der Waals surface area (Å²) in [6, 6.07) is 3.93. The molecule has 0 saturated carbocycles. The first kappa shape index (κ1) is 12.4. The van der Waals surface area contributed by atoms with Crippen LogP contribution in [0.3, 0.4) is 0 Å². The predicted octanol–water partition coefficient (Wildman–Crippen LogP) is 0.465. The summed E-state index contributed by atoms with van der Waals surface area (Å²) in [5.74, 6) is 0.415. The summed E-state index contributed by atoms with van der Waals surface area (Å²) in [5, 5.41) is 19.4. The van der Waals surface area contributed by atoms with Crippen LogP contribution in [0.2, 0.25) is 0 Å². The minimum absolute atomic E-state index is 0.0295. The number of nitro groups is 1. The maximum Gasteiger partial charge on any atom is 0.273 e. The number of aliphatic hydroxyl groups excluding tert-OH is 1. The first-order valence-corrected chi connectivity index (χ1v) is 4.76. The van der Waals surface area contributed by atoms with Gasteiger partial charge in [0.25, 0.3) is 5.69 Å². The summed E-state index contributed by atoms with van der Waals surface area (Å²) >= 11 is 0. The van der Waals surface area contributed by atoms with Crippen molar-refractivity contribution in [3.63, 3.8) is 0 Å². The number of non-ortho nitro benzene ring substituents is 1. The lowest BCUT2D eigenvalue weighted by atomic mass is 10.1. The van der Waals surface area contributed by atoms with Gasteiger partial charge < -0.3 is 15.6 Å². The number of ether oxygens (including phenoxy) is 1. The molecule has 0 fully saturated rings. The van der Waals surface area contributed by atoms with Crippen molar-refractivity contribution in [2.75, 3.05) is 13.7 Å². The van der Waals surface area contributed by atoms with Crippen LogP contribution in [-0.2, 0) is 6.42 Å². The summed E-state index contributed by atoms with van der Waals surface area (Å²) in [6.45, 7) is -0.139. The van der Waals surface area contributed by atoms with E-state index in [1.807, 2.05) is 0 Å². The van der Waals surface area contributed by atoms with E-state index in [2.05, 4.69) is 0 Å². The Kier molecular flexibility index (Phi) is 4.21. The fraction of sp³-hybridized carbons (Fsp3) is 0.400. The van der Waals surface area contributed by atoms with Crippen LogP contribution in [0.1, 0.15) is 5.56 Å². The van der Waals surface area contributed by atoms with Crippen LogP contribution in [0, 0.1) is 10.1 Å². The van der Waals surface area contributed by atoms with E-state index >= 15 is 0 Å². The molecule has 1 atom stereocenters. The van der Waals surface area contributed by atoms with Crippen molar-refractivity contribution in [3.8, 4) is 5.75 Å². The number of hydrogen-bond acceptors (Lipinski definition) is 5. The number of hydrogen-bond donors (Lipinski definition) is 2. The molecule has 3 N–H and O–H groups in total. The number of aliphatic hydroxyl groups is 1. The smallest absolute Gasteiger partial charge is 0.273 e. The van der Waals surface area contributed by atoms with Gasteiger partial charge >= 0.3 is 0 Å². The third kappa shape index (κ3) is 2.91. The van der Waals surface area contributed by atoms with Crippen molar-refractivity contribution in [3.05, 3.63) is 33.9 Å². The molecule has 0 saturated heterocycles. The third-order valence-electron chi connectivity index (χ3n) is 2.20. The number of nitrogens with two attached hydrogens (primary N) is 1. The Labute approximate surface area is 92.8 Å². The van der Waals surface area contributed by atoms with Gasteiger partial charge in [0.2, 0.25) is 0 Å². The lowest BCUT2D eigenvalue weighted by Gasteiger charge is -2.11. The zero-order valence-electron chi connectivity index (χ0n) is 8.92. The number of methoxy groups -OCH3 is 1. The van der Waals surface area contributed by atoms with Gasteiger partial charge in [0.15, 0.2) is 0 Å². The molecule has 0 radical (unpaired) electrons. The van der Waals surface area contributed by atoms with Crippen molar-refractivity contribution < 1.29 is 14.8 Å². The molecule has 0 spiro atoms. The third-order valence-corrected chi connectivity index (χ3v) is 2.20. The summed E-state index contributed by atoms with van der Waals surface area (Å²) in [4.78, 5) is 10.1. The summed E-state index contributed by atoms with van der Waals surface area (Å²) in [6.07, 6.45) is 0.414. The number of nitro benzene ring substituents is 1. The molecule has 0 aliphatic heterocycles. The van der Waals surface area contributed by atoms with E-state index in [-0.39, 0.29) is 12.3 Å². The molecule has 0 bridgehead atoms. The predicted molar refractivity (Wildman–Crippen MR) is 58.4 cm³/mol. The Bertz CT molecular complexity index is 381. The Balaban J connectivity index is 2.97. The van der Waals surface area contributed by atoms with Gasteiger partial charge in [-0.3, -0.25) is 10.1 Å². The largest absolute Gasteiger partial charge is 0.496 e. The monoisotopic (exact) mass is 226 g/mol. The highest BCUT2D eigenvalue weighted by atomic mass is 16.6. The van der Waals surface area contributed by atoms with Crippen LogP contribution in [-0.4, -0.2) is 29.8 Å². The van der Waals surface area contributed by atoms with Crippen molar-refractivity contribution in [1.82, 2.24) is 0 Å². The van der Waals surface area contributed by atoms with Crippen LogP contribution in [0.25, 0.3) is 0 Å². The second kappa shape index (κ2) is 5.43. The molecule has 1 aromatic carbocycles. The van der Waals surface area contributed by atoms with Crippen molar-refractivity contribution in [2.24, 2.45) is 5.73 Å². The molecule has 0 amide bonds. The molecule has 1 unspecified atom stereocenters. The second-order valence-electron chi connectivity index (χ2n) is 3.40. The summed E-state index contributed by atoms with van der Waals surface area (Å²) < 4.78 is 5.04. The van der Waals surface area contributed by atoms with Crippen LogP contribution in [0.5, 0.6) is 5.75 Å². The molecular formula is C10H14N2O4. The highest BCUT2D eigenvalue weighted by molar-refractivity contribution is 5.44. The van der Waals surface area contributed by atoms with Gasteiger partial charge in [-0.05, 0) is 18.1 Å². The van der Waals surface area contributed by atoms with E-state index in [9.17, 15) is 10.1 Å². The summed E-state index contributed by atoms with van der Waals surface area (Å²) in [5.41, 5.74) is 6.30. The van der Waals surface area contributed by atoms with E-state index in [0.717, 1.165) is 5.56 Å². The van der Waals surface area contributed by atoms with E-state index in [1.54, 1.807) is 6.07 Å². The standard InChI is InChI=1S/C10H14N2O4/c1-16-10-5-9(12(14)15)3-2-7(10)4-8(11)6-13/h2-3,5,8,13H,4,6,11H2,1H3. The van der Waals surface area contributed by atoms with E-state index in [4.69, 9.17) is 15.6 Å². The zero-order valence-corrected chi connectivity index (χ0v) is 8.92. The summed E-state index contributed by atoms with van der Waals surface area (Å²) in [7, 11) is 1.44. The van der Waals surface area contributed by atoms with Crippen LogP contribution in [0.4, 0.5) is 5.69 Å². The van der Waals surface area contributed by atoms with Gasteiger partial charge in [-0.25, -0.2) is 0 Å². The van der Waals surface area contributed by atoms with Gasteiger partial charge in [0.05, 0.1) is 24.7 Å². The molecule has 1 rings (SSSR count). The quantitative estimate of drug-likeness (QED) is 0.561. The van der Waals surface area contributed by atoms with Gasteiger partial charge in [-0.1, -0.05) is 0 Å². The maximum atomic E-state index is 10.5. The van der Waals surface area contributed by atoms with Gasteiger partial charge in [0.1, 0.15) is 5.75 Å². The van der Waals surface area contributed by atoms with Gasteiger partial charge in [-0.2, -0.15) is 0 Å². The average molecular weight is 226 g/mol. The lowest BCUT2D eigenvalue weighted by molar-refractivity contribution is -0.384. The fourth-order valence-corrected chi connectivity index (χ4v) is 1.36.